The summed E-state index contributed by atoms with van der Waals surface area (Å²) in [5.41, 5.74) is 0.722. The van der Waals surface area contributed by atoms with Gasteiger partial charge in [-0.3, -0.25) is 9.59 Å². The molecule has 1 fully saturated rings. The number of hydrogen-bond donors (Lipinski definition) is 1. The van der Waals surface area contributed by atoms with E-state index in [0.29, 0.717) is 11.5 Å². The molecule has 1 saturated carbocycles. The first-order valence-electron chi connectivity index (χ1n) is 10.1. The Morgan fingerprint density at radius 1 is 1.00 bits per heavy atom. The standard InChI is InChI=1S/C21H30N2O4/c1-3-11-23(12-4-2)21(25)16-7-5-15(6-8-16)20(24)22-17-9-10-18-19(13-17)27-14-26-18/h9-10,13,15-16H,3-8,11-12,14H2,1-2H3,(H,22,24). The van der Waals surface area contributed by atoms with Crippen LogP contribution < -0.4 is 14.8 Å². The van der Waals surface area contributed by atoms with Crippen molar-refractivity contribution >= 4 is 17.5 Å². The third-order valence-corrected chi connectivity index (χ3v) is 5.39. The third-order valence-electron chi connectivity index (χ3n) is 5.39. The van der Waals surface area contributed by atoms with E-state index in [2.05, 4.69) is 19.2 Å². The monoisotopic (exact) mass is 374 g/mol. The van der Waals surface area contributed by atoms with Gasteiger partial charge in [0.1, 0.15) is 0 Å². The molecule has 0 bridgehead atoms. The first kappa shape index (κ1) is 19.5. The maximum Gasteiger partial charge on any atom is 0.231 e. The average molecular weight is 374 g/mol. The minimum Gasteiger partial charge on any atom is -0.454 e. The molecule has 0 spiro atoms. The molecule has 1 aliphatic heterocycles. The number of nitrogens with zero attached hydrogens (tertiary/aromatic N) is 1. The van der Waals surface area contributed by atoms with Gasteiger partial charge in [-0.05, 0) is 50.7 Å². The minimum atomic E-state index is -0.0368. The number of anilines is 1. The first-order valence-corrected chi connectivity index (χ1v) is 10.1. The zero-order valence-electron chi connectivity index (χ0n) is 16.3. The van der Waals surface area contributed by atoms with Crippen LogP contribution in [0, 0.1) is 11.8 Å². The third kappa shape index (κ3) is 4.73. The van der Waals surface area contributed by atoms with E-state index in [1.54, 1.807) is 6.07 Å². The molecule has 2 amide bonds. The summed E-state index contributed by atoms with van der Waals surface area (Å²) in [6.45, 7) is 6.09. The van der Waals surface area contributed by atoms with Crippen molar-refractivity contribution in [2.75, 3.05) is 25.2 Å². The van der Waals surface area contributed by atoms with Crippen LogP contribution in [0.25, 0.3) is 0 Å². The number of amides is 2. The number of nitrogens with one attached hydrogen (secondary N) is 1. The lowest BCUT2D eigenvalue weighted by Gasteiger charge is -2.31. The number of carbonyl (C=O) groups excluding carboxylic acids is 2. The van der Waals surface area contributed by atoms with Crippen LogP contribution in [-0.2, 0) is 9.59 Å². The zero-order valence-corrected chi connectivity index (χ0v) is 16.3. The summed E-state index contributed by atoms with van der Waals surface area (Å²) in [4.78, 5) is 27.4. The Bertz CT molecular complexity index is 662. The van der Waals surface area contributed by atoms with Crippen LogP contribution in [-0.4, -0.2) is 36.6 Å². The summed E-state index contributed by atoms with van der Waals surface area (Å²) in [6.07, 6.45) is 5.08. The molecular weight excluding hydrogens is 344 g/mol. The highest BCUT2D eigenvalue weighted by atomic mass is 16.7. The van der Waals surface area contributed by atoms with Crippen molar-refractivity contribution in [1.82, 2.24) is 4.90 Å². The van der Waals surface area contributed by atoms with Gasteiger partial charge in [-0.15, -0.1) is 0 Å². The van der Waals surface area contributed by atoms with Crippen molar-refractivity contribution in [1.29, 1.82) is 0 Å². The molecule has 1 aromatic rings. The van der Waals surface area contributed by atoms with Crippen LogP contribution >= 0.6 is 0 Å². The lowest BCUT2D eigenvalue weighted by Crippen LogP contribution is -2.39. The molecule has 1 N–H and O–H groups in total. The molecule has 0 unspecified atom stereocenters. The van der Waals surface area contributed by atoms with E-state index in [-0.39, 0.29) is 30.4 Å². The summed E-state index contributed by atoms with van der Waals surface area (Å²) in [5, 5.41) is 2.98. The van der Waals surface area contributed by atoms with E-state index in [4.69, 9.17) is 9.47 Å². The molecular formula is C21H30N2O4. The molecule has 0 atom stereocenters. The van der Waals surface area contributed by atoms with Crippen LogP contribution in [0.3, 0.4) is 0 Å². The molecule has 1 aliphatic carbocycles. The van der Waals surface area contributed by atoms with Crippen LogP contribution in [0.1, 0.15) is 52.4 Å². The highest BCUT2D eigenvalue weighted by molar-refractivity contribution is 5.93. The largest absolute Gasteiger partial charge is 0.454 e. The van der Waals surface area contributed by atoms with Gasteiger partial charge in [0.2, 0.25) is 18.6 Å². The topological polar surface area (TPSA) is 67.9 Å². The van der Waals surface area contributed by atoms with Gasteiger partial charge >= 0.3 is 0 Å². The van der Waals surface area contributed by atoms with Crippen molar-refractivity contribution in [2.24, 2.45) is 11.8 Å². The Balaban J connectivity index is 1.51. The van der Waals surface area contributed by atoms with Crippen LogP contribution in [0.4, 0.5) is 5.69 Å². The molecule has 6 heteroatoms. The molecule has 0 aromatic heterocycles. The number of ether oxygens (including phenoxy) is 2. The van der Waals surface area contributed by atoms with Gasteiger partial charge in [-0.1, -0.05) is 13.8 Å². The van der Waals surface area contributed by atoms with Gasteiger partial charge in [0.25, 0.3) is 0 Å². The summed E-state index contributed by atoms with van der Waals surface area (Å²) < 4.78 is 10.6. The summed E-state index contributed by atoms with van der Waals surface area (Å²) >= 11 is 0. The van der Waals surface area contributed by atoms with E-state index < -0.39 is 0 Å². The van der Waals surface area contributed by atoms with Gasteiger partial charge in [-0.25, -0.2) is 0 Å². The number of fused-ring (bicyclic) bond motifs is 1. The van der Waals surface area contributed by atoms with E-state index in [1.165, 1.54) is 0 Å². The highest BCUT2D eigenvalue weighted by Crippen LogP contribution is 2.35. The van der Waals surface area contributed by atoms with Crippen LogP contribution in [0.15, 0.2) is 18.2 Å². The fourth-order valence-electron chi connectivity index (χ4n) is 3.95. The fourth-order valence-corrected chi connectivity index (χ4v) is 3.95. The number of hydrogen-bond acceptors (Lipinski definition) is 4. The van der Waals surface area contributed by atoms with Crippen molar-refractivity contribution < 1.29 is 19.1 Å². The predicted molar refractivity (Wildman–Crippen MR) is 104 cm³/mol. The quantitative estimate of drug-likeness (QED) is 0.788. The minimum absolute atomic E-state index is 0.0266. The Hall–Kier alpha value is -2.24. The zero-order chi connectivity index (χ0) is 19.2. The second-order valence-corrected chi connectivity index (χ2v) is 7.43. The van der Waals surface area contributed by atoms with Crippen LogP contribution in [0.5, 0.6) is 11.5 Å². The van der Waals surface area contributed by atoms with E-state index in [0.717, 1.165) is 57.3 Å². The molecule has 6 nitrogen and oxygen atoms in total. The van der Waals surface area contributed by atoms with Gasteiger partial charge < -0.3 is 19.7 Å². The fraction of sp³-hybridized carbons (Fsp3) is 0.619. The molecule has 148 valence electrons. The second-order valence-electron chi connectivity index (χ2n) is 7.43. The van der Waals surface area contributed by atoms with Crippen molar-refractivity contribution in [3.05, 3.63) is 18.2 Å². The predicted octanol–water partition coefficient (Wildman–Crippen LogP) is 3.81. The lowest BCUT2D eigenvalue weighted by atomic mass is 9.80. The Morgan fingerprint density at radius 3 is 2.30 bits per heavy atom. The number of benzene rings is 1. The van der Waals surface area contributed by atoms with E-state index in [9.17, 15) is 9.59 Å². The molecule has 1 heterocycles. The molecule has 1 aromatic carbocycles. The molecule has 2 aliphatic rings. The van der Waals surface area contributed by atoms with Crippen molar-refractivity contribution in [3.63, 3.8) is 0 Å². The lowest BCUT2D eigenvalue weighted by molar-refractivity contribution is -0.138. The molecule has 3 rings (SSSR count). The Kier molecular flexibility index (Phi) is 6.58. The molecule has 27 heavy (non-hydrogen) atoms. The summed E-state index contributed by atoms with van der Waals surface area (Å²) in [5.74, 6) is 1.69. The van der Waals surface area contributed by atoms with Crippen LogP contribution in [0.2, 0.25) is 0 Å². The van der Waals surface area contributed by atoms with Gasteiger partial charge in [0.15, 0.2) is 11.5 Å². The van der Waals surface area contributed by atoms with E-state index in [1.807, 2.05) is 17.0 Å². The Morgan fingerprint density at radius 2 is 1.63 bits per heavy atom. The average Bonchev–Trinajstić information content (AvgIpc) is 3.15. The maximum atomic E-state index is 12.8. The van der Waals surface area contributed by atoms with Gasteiger partial charge in [-0.2, -0.15) is 0 Å². The second kappa shape index (κ2) is 9.11. The van der Waals surface area contributed by atoms with Crippen molar-refractivity contribution in [3.8, 4) is 11.5 Å². The SMILES string of the molecule is CCCN(CCC)C(=O)C1CCC(C(=O)Nc2ccc3c(c2)OCO3)CC1. The van der Waals surface area contributed by atoms with Crippen molar-refractivity contribution in [2.45, 2.75) is 52.4 Å². The Labute approximate surface area is 161 Å². The highest BCUT2D eigenvalue weighted by Gasteiger charge is 2.32. The summed E-state index contributed by atoms with van der Waals surface area (Å²) in [7, 11) is 0. The molecule has 0 saturated heterocycles. The number of carbonyl (C=O) groups is 2. The smallest absolute Gasteiger partial charge is 0.231 e. The van der Waals surface area contributed by atoms with Gasteiger partial charge in [0.05, 0.1) is 0 Å². The van der Waals surface area contributed by atoms with E-state index >= 15 is 0 Å². The maximum absolute atomic E-state index is 12.8. The van der Waals surface area contributed by atoms with Gasteiger partial charge in [0, 0.05) is 36.7 Å². The summed E-state index contributed by atoms with van der Waals surface area (Å²) in [6, 6.07) is 5.43. The number of rotatable bonds is 7. The first-order chi connectivity index (χ1) is 13.1. The normalized spacial score (nSPS) is 21.0. The molecule has 0 radical (unpaired) electrons.